The normalized spacial score (nSPS) is 14.3. The molecular formula is C22H29FIN5O. The number of carbonyl (C=O) groups is 1. The van der Waals surface area contributed by atoms with E-state index in [1.54, 1.807) is 12.1 Å². The third-order valence-electron chi connectivity index (χ3n) is 4.91. The van der Waals surface area contributed by atoms with E-state index in [0.29, 0.717) is 18.9 Å². The molecule has 8 heteroatoms. The number of amides is 1. The summed E-state index contributed by atoms with van der Waals surface area (Å²) in [4.78, 5) is 20.6. The Bertz CT molecular complexity index is 851. The van der Waals surface area contributed by atoms with E-state index in [-0.39, 0.29) is 35.7 Å². The van der Waals surface area contributed by atoms with E-state index in [1.807, 2.05) is 31.2 Å². The second kappa shape index (κ2) is 11.7. The second-order valence-corrected chi connectivity index (χ2v) is 7.12. The molecule has 1 heterocycles. The van der Waals surface area contributed by atoms with E-state index in [1.165, 1.54) is 12.1 Å². The molecule has 0 spiro atoms. The van der Waals surface area contributed by atoms with Crippen molar-refractivity contribution in [1.29, 1.82) is 0 Å². The highest BCUT2D eigenvalue weighted by molar-refractivity contribution is 14.0. The van der Waals surface area contributed by atoms with E-state index >= 15 is 0 Å². The summed E-state index contributed by atoms with van der Waals surface area (Å²) in [7, 11) is 0. The van der Waals surface area contributed by atoms with Crippen molar-refractivity contribution >= 4 is 47.2 Å². The van der Waals surface area contributed by atoms with Crippen molar-refractivity contribution < 1.29 is 9.18 Å². The molecule has 0 unspecified atom stereocenters. The predicted octanol–water partition coefficient (Wildman–Crippen LogP) is 3.82. The zero-order chi connectivity index (χ0) is 20.6. The van der Waals surface area contributed by atoms with E-state index in [2.05, 4.69) is 20.1 Å². The molecular weight excluding hydrogens is 496 g/mol. The molecule has 3 N–H and O–H groups in total. The average Bonchev–Trinajstić information content (AvgIpc) is 2.73. The van der Waals surface area contributed by atoms with Crippen LogP contribution in [-0.2, 0) is 11.3 Å². The maximum atomic E-state index is 13.1. The van der Waals surface area contributed by atoms with Crippen LogP contribution in [0.15, 0.2) is 53.5 Å². The lowest BCUT2D eigenvalue weighted by Crippen LogP contribution is -2.51. The van der Waals surface area contributed by atoms with Gasteiger partial charge in [-0.05, 0) is 48.4 Å². The monoisotopic (exact) mass is 525 g/mol. The van der Waals surface area contributed by atoms with Gasteiger partial charge in [0.25, 0.3) is 0 Å². The SMILES string of the molecule is CCCC(=O)Nc1cccc(CN=C(N)N2CCN(c3ccc(F)cc3)CC2)c1.I. The van der Waals surface area contributed by atoms with Gasteiger partial charge in [0, 0.05) is 44.0 Å². The Morgan fingerprint density at radius 1 is 1.13 bits per heavy atom. The molecule has 1 saturated heterocycles. The fourth-order valence-electron chi connectivity index (χ4n) is 3.32. The van der Waals surface area contributed by atoms with Gasteiger partial charge in [0.1, 0.15) is 5.82 Å². The number of hydrogen-bond donors (Lipinski definition) is 2. The Kier molecular flexibility index (Phi) is 9.35. The van der Waals surface area contributed by atoms with E-state index in [9.17, 15) is 9.18 Å². The van der Waals surface area contributed by atoms with Crippen LogP contribution >= 0.6 is 24.0 Å². The highest BCUT2D eigenvalue weighted by Crippen LogP contribution is 2.17. The Morgan fingerprint density at radius 2 is 1.83 bits per heavy atom. The second-order valence-electron chi connectivity index (χ2n) is 7.12. The number of hydrogen-bond acceptors (Lipinski definition) is 3. The Morgan fingerprint density at radius 3 is 2.50 bits per heavy atom. The van der Waals surface area contributed by atoms with Crippen LogP contribution in [0, 0.1) is 5.82 Å². The van der Waals surface area contributed by atoms with Gasteiger partial charge in [0.15, 0.2) is 5.96 Å². The molecule has 0 saturated carbocycles. The summed E-state index contributed by atoms with van der Waals surface area (Å²) in [6, 6.07) is 14.2. The number of rotatable bonds is 6. The van der Waals surface area contributed by atoms with Gasteiger partial charge in [0.2, 0.25) is 5.91 Å². The highest BCUT2D eigenvalue weighted by Gasteiger charge is 2.18. The van der Waals surface area contributed by atoms with Gasteiger partial charge < -0.3 is 20.9 Å². The Labute approximate surface area is 194 Å². The van der Waals surface area contributed by atoms with Crippen molar-refractivity contribution in [2.24, 2.45) is 10.7 Å². The van der Waals surface area contributed by atoms with Gasteiger partial charge in [-0.3, -0.25) is 4.79 Å². The van der Waals surface area contributed by atoms with Crippen LogP contribution < -0.4 is 16.0 Å². The average molecular weight is 525 g/mol. The van der Waals surface area contributed by atoms with E-state index in [4.69, 9.17) is 5.73 Å². The summed E-state index contributed by atoms with van der Waals surface area (Å²) in [6.07, 6.45) is 1.33. The number of carbonyl (C=O) groups excluding carboxylic acids is 1. The maximum absolute atomic E-state index is 13.1. The molecule has 0 bridgehead atoms. The van der Waals surface area contributed by atoms with Crippen LogP contribution in [0.4, 0.5) is 15.8 Å². The Balaban J connectivity index is 0.00000320. The molecule has 1 amide bonds. The molecule has 30 heavy (non-hydrogen) atoms. The van der Waals surface area contributed by atoms with E-state index < -0.39 is 0 Å². The Hall–Kier alpha value is -2.36. The summed E-state index contributed by atoms with van der Waals surface area (Å²) >= 11 is 0. The number of aliphatic imine (C=N–C) groups is 1. The molecule has 0 aliphatic carbocycles. The zero-order valence-electron chi connectivity index (χ0n) is 17.2. The molecule has 2 aromatic rings. The number of nitrogens with two attached hydrogens (primary N) is 1. The molecule has 1 aliphatic heterocycles. The molecule has 1 aliphatic rings. The van der Waals surface area contributed by atoms with Crippen LogP contribution in [0.1, 0.15) is 25.3 Å². The first kappa shape index (κ1) is 23.9. The fourth-order valence-corrected chi connectivity index (χ4v) is 3.32. The molecule has 3 rings (SSSR count). The fraction of sp³-hybridized carbons (Fsp3) is 0.364. The standard InChI is InChI=1S/C22H28FN5O.HI/c1-2-4-21(29)26-19-6-3-5-17(15-19)16-25-22(24)28-13-11-27(12-14-28)20-9-7-18(23)8-10-20;/h3,5-10,15H,2,4,11-14,16H2,1H3,(H2,24,25)(H,26,29);1H. The minimum atomic E-state index is -0.224. The number of piperazine rings is 1. The van der Waals surface area contributed by atoms with Gasteiger partial charge in [-0.25, -0.2) is 9.38 Å². The van der Waals surface area contributed by atoms with Crippen LogP contribution in [-0.4, -0.2) is 42.9 Å². The summed E-state index contributed by atoms with van der Waals surface area (Å²) in [6.45, 7) is 5.58. The number of nitrogens with one attached hydrogen (secondary N) is 1. The van der Waals surface area contributed by atoms with Gasteiger partial charge in [-0.2, -0.15) is 0 Å². The lowest BCUT2D eigenvalue weighted by Gasteiger charge is -2.36. The predicted molar refractivity (Wildman–Crippen MR) is 131 cm³/mol. The number of guanidine groups is 1. The molecule has 0 radical (unpaired) electrons. The van der Waals surface area contributed by atoms with Crippen LogP contribution in [0.25, 0.3) is 0 Å². The summed E-state index contributed by atoms with van der Waals surface area (Å²) in [5.41, 5.74) is 8.99. The van der Waals surface area contributed by atoms with Crippen molar-refractivity contribution in [2.75, 3.05) is 36.4 Å². The molecule has 0 atom stereocenters. The molecule has 2 aromatic carbocycles. The van der Waals surface area contributed by atoms with Crippen LogP contribution in [0.5, 0.6) is 0 Å². The minimum absolute atomic E-state index is 0. The van der Waals surface area contributed by atoms with Crippen molar-refractivity contribution in [3.8, 4) is 0 Å². The smallest absolute Gasteiger partial charge is 0.224 e. The van der Waals surface area contributed by atoms with E-state index in [0.717, 1.165) is 49.5 Å². The summed E-state index contributed by atoms with van der Waals surface area (Å²) in [5.74, 6) is 0.314. The van der Waals surface area contributed by atoms with Crippen molar-refractivity contribution in [2.45, 2.75) is 26.3 Å². The minimum Gasteiger partial charge on any atom is -0.370 e. The maximum Gasteiger partial charge on any atom is 0.224 e. The zero-order valence-corrected chi connectivity index (χ0v) is 19.5. The summed E-state index contributed by atoms with van der Waals surface area (Å²) in [5, 5.41) is 2.90. The molecule has 162 valence electrons. The molecule has 0 aromatic heterocycles. The first-order valence-electron chi connectivity index (χ1n) is 9.99. The third-order valence-corrected chi connectivity index (χ3v) is 4.91. The lowest BCUT2D eigenvalue weighted by atomic mass is 10.2. The van der Waals surface area contributed by atoms with Crippen molar-refractivity contribution in [3.63, 3.8) is 0 Å². The van der Waals surface area contributed by atoms with Crippen LogP contribution in [0.3, 0.4) is 0 Å². The quantitative estimate of drug-likeness (QED) is 0.342. The third kappa shape index (κ3) is 6.86. The highest BCUT2D eigenvalue weighted by atomic mass is 127. The van der Waals surface area contributed by atoms with Gasteiger partial charge in [-0.15, -0.1) is 24.0 Å². The number of nitrogens with zero attached hydrogens (tertiary/aromatic N) is 3. The first-order chi connectivity index (χ1) is 14.0. The van der Waals surface area contributed by atoms with Crippen LogP contribution in [0.2, 0.25) is 0 Å². The first-order valence-corrected chi connectivity index (χ1v) is 9.99. The van der Waals surface area contributed by atoms with Gasteiger partial charge >= 0.3 is 0 Å². The number of halogens is 2. The van der Waals surface area contributed by atoms with Crippen molar-refractivity contribution in [1.82, 2.24) is 4.90 Å². The lowest BCUT2D eigenvalue weighted by molar-refractivity contribution is -0.116. The molecule has 1 fully saturated rings. The number of benzene rings is 2. The van der Waals surface area contributed by atoms with Gasteiger partial charge in [0.05, 0.1) is 6.54 Å². The largest absolute Gasteiger partial charge is 0.370 e. The summed E-state index contributed by atoms with van der Waals surface area (Å²) < 4.78 is 13.1. The topological polar surface area (TPSA) is 74.0 Å². The number of anilines is 2. The molecule has 6 nitrogen and oxygen atoms in total. The van der Waals surface area contributed by atoms with Gasteiger partial charge in [-0.1, -0.05) is 19.1 Å². The van der Waals surface area contributed by atoms with Crippen molar-refractivity contribution in [3.05, 3.63) is 59.9 Å².